The molecule has 0 spiro atoms. The molecule has 0 heterocycles. The van der Waals surface area contributed by atoms with E-state index in [2.05, 4.69) is 0 Å². The summed E-state index contributed by atoms with van der Waals surface area (Å²) >= 11 is 5.64. The second kappa shape index (κ2) is 4.13. The molecule has 0 amide bonds. The first kappa shape index (κ1) is 11.5. The van der Waals surface area contributed by atoms with E-state index in [0.29, 0.717) is 12.8 Å². The van der Waals surface area contributed by atoms with Gasteiger partial charge in [0.1, 0.15) is 6.10 Å². The molecule has 1 saturated carbocycles. The highest BCUT2D eigenvalue weighted by Crippen LogP contribution is 2.33. The average molecular weight is 255 g/mol. The van der Waals surface area contributed by atoms with Crippen LogP contribution < -0.4 is 4.74 Å². The second-order valence-corrected chi connectivity index (χ2v) is 4.22. The van der Waals surface area contributed by atoms with E-state index in [1.165, 1.54) is 0 Å². The number of hydrogen-bond acceptors (Lipinski definition) is 1. The average Bonchev–Trinajstić information content (AvgIpc) is 2.18. The van der Waals surface area contributed by atoms with Crippen LogP contribution in [0.1, 0.15) is 12.8 Å². The van der Waals surface area contributed by atoms with Gasteiger partial charge in [0.05, 0.1) is 0 Å². The summed E-state index contributed by atoms with van der Waals surface area (Å²) in [5.41, 5.74) is 0. The quantitative estimate of drug-likeness (QED) is 0.447. The van der Waals surface area contributed by atoms with Crippen molar-refractivity contribution in [1.29, 1.82) is 0 Å². The highest BCUT2D eigenvalue weighted by molar-refractivity contribution is 6.21. The van der Waals surface area contributed by atoms with E-state index >= 15 is 0 Å². The molecule has 1 fully saturated rings. The predicted octanol–water partition coefficient (Wildman–Crippen LogP) is 3.39. The van der Waals surface area contributed by atoms with Crippen LogP contribution in [0.4, 0.5) is 17.6 Å². The van der Waals surface area contributed by atoms with Gasteiger partial charge in [-0.3, -0.25) is 0 Å². The van der Waals surface area contributed by atoms with E-state index in [9.17, 15) is 17.6 Å². The van der Waals surface area contributed by atoms with Crippen molar-refractivity contribution in [3.8, 4) is 5.75 Å². The minimum atomic E-state index is -1.52. The molecule has 0 radical (unpaired) electrons. The third kappa shape index (κ3) is 1.96. The van der Waals surface area contributed by atoms with Crippen molar-refractivity contribution in [3.05, 3.63) is 29.3 Å². The Bertz CT molecular complexity index is 392. The lowest BCUT2D eigenvalue weighted by Gasteiger charge is -2.31. The minimum absolute atomic E-state index is 0.116. The van der Waals surface area contributed by atoms with E-state index < -0.39 is 35.1 Å². The van der Waals surface area contributed by atoms with E-state index in [0.717, 1.165) is 0 Å². The van der Waals surface area contributed by atoms with Crippen molar-refractivity contribution < 1.29 is 22.3 Å². The number of alkyl halides is 1. The fraction of sp³-hybridized carbons (Fsp3) is 0.400. The van der Waals surface area contributed by atoms with Crippen LogP contribution in [0.3, 0.4) is 0 Å². The van der Waals surface area contributed by atoms with Gasteiger partial charge in [0.2, 0.25) is 11.6 Å². The van der Waals surface area contributed by atoms with E-state index in [1.807, 2.05) is 0 Å². The molecule has 2 rings (SSSR count). The predicted molar refractivity (Wildman–Crippen MR) is 49.6 cm³/mol. The van der Waals surface area contributed by atoms with Crippen LogP contribution >= 0.6 is 11.6 Å². The van der Waals surface area contributed by atoms with Gasteiger partial charge in [0.25, 0.3) is 0 Å². The number of halogens is 5. The van der Waals surface area contributed by atoms with Crippen LogP contribution in [-0.2, 0) is 0 Å². The molecule has 0 unspecified atom stereocenters. The molecule has 0 aliphatic heterocycles. The largest absolute Gasteiger partial charge is 0.484 e. The zero-order chi connectivity index (χ0) is 11.9. The summed E-state index contributed by atoms with van der Waals surface area (Å²) in [6.45, 7) is 0. The first-order valence-electron chi connectivity index (χ1n) is 4.62. The molecule has 1 aromatic carbocycles. The smallest absolute Gasteiger partial charge is 0.203 e. The Balaban J connectivity index is 2.25. The SMILES string of the molecule is Fc1cc(F)c(F)c(OC2CC(Cl)C2)c1F. The van der Waals surface area contributed by atoms with Crippen LogP contribution in [0.25, 0.3) is 0 Å². The van der Waals surface area contributed by atoms with Gasteiger partial charge in [0.15, 0.2) is 17.4 Å². The molecular weight excluding hydrogens is 248 g/mol. The lowest BCUT2D eigenvalue weighted by atomic mass is 9.95. The zero-order valence-corrected chi connectivity index (χ0v) is 8.70. The topological polar surface area (TPSA) is 9.23 Å². The fourth-order valence-corrected chi connectivity index (χ4v) is 1.82. The molecule has 1 aliphatic carbocycles. The fourth-order valence-electron chi connectivity index (χ4n) is 1.42. The third-order valence-electron chi connectivity index (χ3n) is 2.39. The van der Waals surface area contributed by atoms with Gasteiger partial charge in [-0.15, -0.1) is 11.6 Å². The third-order valence-corrected chi connectivity index (χ3v) is 2.75. The molecule has 88 valence electrons. The lowest BCUT2D eigenvalue weighted by molar-refractivity contribution is 0.110. The van der Waals surface area contributed by atoms with Gasteiger partial charge in [-0.25, -0.2) is 8.78 Å². The van der Waals surface area contributed by atoms with Crippen molar-refractivity contribution in [2.75, 3.05) is 0 Å². The lowest BCUT2D eigenvalue weighted by Crippen LogP contribution is -2.35. The number of benzene rings is 1. The molecule has 16 heavy (non-hydrogen) atoms. The van der Waals surface area contributed by atoms with E-state index in [4.69, 9.17) is 16.3 Å². The van der Waals surface area contributed by atoms with Crippen LogP contribution in [0.5, 0.6) is 5.75 Å². The van der Waals surface area contributed by atoms with Crippen molar-refractivity contribution in [3.63, 3.8) is 0 Å². The Morgan fingerprint density at radius 3 is 2.00 bits per heavy atom. The van der Waals surface area contributed by atoms with Gasteiger partial charge >= 0.3 is 0 Å². The summed E-state index contributed by atoms with van der Waals surface area (Å²) in [5, 5.41) is -0.116. The maximum atomic E-state index is 13.1. The molecule has 0 aromatic heterocycles. The first-order chi connectivity index (χ1) is 7.49. The van der Waals surface area contributed by atoms with E-state index in [-0.39, 0.29) is 11.4 Å². The standard InChI is InChI=1S/C10H7ClF4O/c11-4-1-5(2-4)16-10-8(14)6(12)3-7(13)9(10)15/h3-5H,1-2H2. The number of ether oxygens (including phenoxy) is 1. The van der Waals surface area contributed by atoms with E-state index in [1.54, 1.807) is 0 Å². The van der Waals surface area contributed by atoms with Crippen LogP contribution in [0.2, 0.25) is 0 Å². The molecule has 0 N–H and O–H groups in total. The van der Waals surface area contributed by atoms with Crippen molar-refractivity contribution >= 4 is 11.6 Å². The monoisotopic (exact) mass is 254 g/mol. The molecule has 1 aliphatic rings. The second-order valence-electron chi connectivity index (χ2n) is 3.61. The summed E-state index contributed by atoms with van der Waals surface area (Å²) in [4.78, 5) is 0. The Morgan fingerprint density at radius 2 is 1.56 bits per heavy atom. The molecular formula is C10H7ClF4O. The molecule has 0 atom stereocenters. The van der Waals surface area contributed by atoms with Gasteiger partial charge in [0, 0.05) is 24.3 Å². The van der Waals surface area contributed by atoms with Gasteiger partial charge in [-0.05, 0) is 0 Å². The Kier molecular flexibility index (Phi) is 2.97. The van der Waals surface area contributed by atoms with Crippen molar-refractivity contribution in [2.45, 2.75) is 24.3 Å². The van der Waals surface area contributed by atoms with Gasteiger partial charge in [-0.1, -0.05) is 0 Å². The van der Waals surface area contributed by atoms with Gasteiger partial charge < -0.3 is 4.74 Å². The molecule has 0 bridgehead atoms. The molecule has 1 aromatic rings. The summed E-state index contributed by atoms with van der Waals surface area (Å²) < 4.78 is 56.6. The Labute approximate surface area is 94.0 Å². The Morgan fingerprint density at radius 1 is 1.06 bits per heavy atom. The first-order valence-corrected chi connectivity index (χ1v) is 5.06. The molecule has 6 heteroatoms. The highest BCUT2D eigenvalue weighted by Gasteiger charge is 2.32. The molecule has 1 nitrogen and oxygen atoms in total. The number of rotatable bonds is 2. The number of hydrogen-bond donors (Lipinski definition) is 0. The van der Waals surface area contributed by atoms with Crippen LogP contribution in [-0.4, -0.2) is 11.5 Å². The maximum Gasteiger partial charge on any atom is 0.203 e. The maximum absolute atomic E-state index is 13.1. The van der Waals surface area contributed by atoms with Gasteiger partial charge in [-0.2, -0.15) is 8.78 Å². The summed E-state index contributed by atoms with van der Waals surface area (Å²) in [5.74, 6) is -6.99. The summed E-state index contributed by atoms with van der Waals surface area (Å²) in [6, 6.07) is 0.142. The minimum Gasteiger partial charge on any atom is -0.484 e. The molecule has 0 saturated heterocycles. The van der Waals surface area contributed by atoms with Crippen molar-refractivity contribution in [2.24, 2.45) is 0 Å². The van der Waals surface area contributed by atoms with Crippen LogP contribution in [0, 0.1) is 23.3 Å². The summed E-state index contributed by atoms with van der Waals surface area (Å²) in [7, 11) is 0. The Hall–Kier alpha value is -0.970. The highest BCUT2D eigenvalue weighted by atomic mass is 35.5. The van der Waals surface area contributed by atoms with Crippen LogP contribution in [0.15, 0.2) is 6.07 Å². The summed E-state index contributed by atoms with van der Waals surface area (Å²) in [6.07, 6.45) is 0.310. The normalized spacial score (nSPS) is 24.1. The van der Waals surface area contributed by atoms with Crippen molar-refractivity contribution in [1.82, 2.24) is 0 Å². The zero-order valence-electron chi connectivity index (χ0n) is 7.94.